The largest absolute Gasteiger partial charge is 0.462 e. The molecule has 6 nitrogen and oxygen atoms in total. The lowest BCUT2D eigenvalue weighted by Gasteiger charge is -2.30. The van der Waals surface area contributed by atoms with E-state index in [9.17, 15) is 9.59 Å². The fourth-order valence-corrected chi connectivity index (χ4v) is 5.50. The molecule has 0 bridgehead atoms. The second-order valence-electron chi connectivity index (χ2n) is 8.10. The highest BCUT2D eigenvalue weighted by molar-refractivity contribution is 7.17. The number of rotatable bonds is 5. The highest BCUT2D eigenvalue weighted by Crippen LogP contribution is 2.40. The summed E-state index contributed by atoms with van der Waals surface area (Å²) in [4.78, 5) is 29.6. The van der Waals surface area contributed by atoms with Gasteiger partial charge in [0.15, 0.2) is 6.04 Å². The van der Waals surface area contributed by atoms with Gasteiger partial charge >= 0.3 is 5.97 Å². The number of nitrogens with one attached hydrogen (secondary N) is 3. The number of esters is 1. The van der Waals surface area contributed by atoms with Crippen molar-refractivity contribution in [2.24, 2.45) is 5.92 Å². The molecule has 0 saturated carbocycles. The number of carbonyl (C=O) groups is 2. The highest BCUT2D eigenvalue weighted by atomic mass is 32.1. The van der Waals surface area contributed by atoms with Gasteiger partial charge in [-0.1, -0.05) is 6.92 Å². The van der Waals surface area contributed by atoms with Crippen LogP contribution in [-0.2, 0) is 22.4 Å². The fourth-order valence-electron chi connectivity index (χ4n) is 4.09. The third-order valence-electron chi connectivity index (χ3n) is 5.98. The molecule has 1 aliphatic heterocycles. The van der Waals surface area contributed by atoms with Gasteiger partial charge < -0.3 is 19.9 Å². The molecule has 0 unspecified atom stereocenters. The van der Waals surface area contributed by atoms with Gasteiger partial charge in [-0.2, -0.15) is 0 Å². The van der Waals surface area contributed by atoms with Gasteiger partial charge in [0.05, 0.1) is 19.2 Å². The van der Waals surface area contributed by atoms with E-state index in [1.807, 2.05) is 13.8 Å². The zero-order valence-electron chi connectivity index (χ0n) is 16.9. The van der Waals surface area contributed by atoms with Gasteiger partial charge in [-0.05, 0) is 44.6 Å². The van der Waals surface area contributed by atoms with E-state index >= 15 is 0 Å². The molecule has 2 atom stereocenters. The zero-order chi connectivity index (χ0) is 19.6. The second kappa shape index (κ2) is 8.71. The number of likely N-dealkylation sites (N-methyl/N-ethyl adjacent to an activating group) is 1. The molecule has 1 amide bonds. The Bertz CT molecular complexity index is 695. The van der Waals surface area contributed by atoms with Crippen LogP contribution in [0.15, 0.2) is 0 Å². The van der Waals surface area contributed by atoms with E-state index in [4.69, 9.17) is 4.74 Å². The van der Waals surface area contributed by atoms with Gasteiger partial charge in [-0.3, -0.25) is 4.79 Å². The Morgan fingerprint density at radius 2 is 2.00 bits per heavy atom. The monoisotopic (exact) mass is 395 g/mol. The Kier molecular flexibility index (Phi) is 6.55. The van der Waals surface area contributed by atoms with Crippen LogP contribution in [0.2, 0.25) is 0 Å². The topological polar surface area (TPSA) is 64.3 Å². The number of ether oxygens (including phenoxy) is 1. The predicted octanol–water partition coefficient (Wildman–Crippen LogP) is -0.210. The van der Waals surface area contributed by atoms with Gasteiger partial charge in [0, 0.05) is 4.88 Å². The summed E-state index contributed by atoms with van der Waals surface area (Å²) in [6, 6.07) is -0.119. The van der Waals surface area contributed by atoms with Gasteiger partial charge in [0.1, 0.15) is 31.2 Å². The number of quaternary nitrogens is 2. The lowest BCUT2D eigenvalue weighted by molar-refractivity contribution is -1.01. The maximum Gasteiger partial charge on any atom is 0.341 e. The number of amides is 1. The summed E-state index contributed by atoms with van der Waals surface area (Å²) in [5, 5.41) is 3.77. The van der Waals surface area contributed by atoms with Crippen LogP contribution in [0.5, 0.6) is 0 Å². The minimum Gasteiger partial charge on any atom is -0.462 e. The molecule has 3 N–H and O–H groups in total. The molecular weight excluding hydrogens is 362 g/mol. The smallest absolute Gasteiger partial charge is 0.341 e. The summed E-state index contributed by atoms with van der Waals surface area (Å²) in [6.07, 6.45) is 2.94. The second-order valence-corrected chi connectivity index (χ2v) is 9.21. The number of hydrogen-bond donors (Lipinski definition) is 3. The average Bonchev–Trinajstić information content (AvgIpc) is 2.98. The molecule has 1 aromatic rings. The molecule has 1 aliphatic carbocycles. The first-order chi connectivity index (χ1) is 12.9. The van der Waals surface area contributed by atoms with E-state index in [1.165, 1.54) is 14.7 Å². The summed E-state index contributed by atoms with van der Waals surface area (Å²) in [7, 11) is 2.20. The molecule has 1 fully saturated rings. The molecule has 0 radical (unpaired) electrons. The van der Waals surface area contributed by atoms with E-state index < -0.39 is 0 Å². The molecule has 0 spiro atoms. The normalized spacial score (nSPS) is 26.1. The van der Waals surface area contributed by atoms with E-state index in [-0.39, 0.29) is 17.9 Å². The van der Waals surface area contributed by atoms with Crippen LogP contribution in [0.4, 0.5) is 5.00 Å². The summed E-state index contributed by atoms with van der Waals surface area (Å²) >= 11 is 1.57. The molecular formula is C20H33N3O3S+2. The number of thiophene rings is 1. The SMILES string of the molecule is CCOC(=O)c1c(NC(=O)[C@H](C)[NH+]2CC[NH+](C)CC2)sc2c1CC[C@@H](C)C2. The molecule has 7 heteroatoms. The number of fused-ring (bicyclic) bond motifs is 1. The Morgan fingerprint density at radius 1 is 1.30 bits per heavy atom. The van der Waals surface area contributed by atoms with E-state index in [0.717, 1.165) is 51.0 Å². The van der Waals surface area contributed by atoms with Crippen LogP contribution < -0.4 is 15.1 Å². The summed E-state index contributed by atoms with van der Waals surface area (Å²) in [5.41, 5.74) is 1.69. The van der Waals surface area contributed by atoms with Gasteiger partial charge in [0.2, 0.25) is 0 Å². The molecule has 3 rings (SSSR count). The Morgan fingerprint density at radius 3 is 2.67 bits per heavy atom. The van der Waals surface area contributed by atoms with Crippen molar-refractivity contribution in [1.29, 1.82) is 0 Å². The maximum atomic E-state index is 12.9. The Labute approximate surface area is 165 Å². The molecule has 1 aromatic heterocycles. The summed E-state index contributed by atoms with van der Waals surface area (Å²) in [6.45, 7) is 10.6. The molecule has 2 aliphatic rings. The lowest BCUT2D eigenvalue weighted by Crippen LogP contribution is -3.29. The van der Waals surface area contributed by atoms with Gasteiger partial charge in [0.25, 0.3) is 5.91 Å². The first kappa shape index (κ1) is 20.3. The quantitative estimate of drug-likeness (QED) is 0.605. The molecule has 150 valence electrons. The Hall–Kier alpha value is -1.44. The minimum absolute atomic E-state index is 0.00162. The third kappa shape index (κ3) is 4.52. The Balaban J connectivity index is 1.79. The third-order valence-corrected chi connectivity index (χ3v) is 7.15. The molecule has 2 heterocycles. The first-order valence-corrected chi connectivity index (χ1v) is 11.0. The summed E-state index contributed by atoms with van der Waals surface area (Å²) < 4.78 is 5.30. The van der Waals surface area contributed by atoms with Gasteiger partial charge in [-0.15, -0.1) is 11.3 Å². The maximum absolute atomic E-state index is 12.9. The predicted molar refractivity (Wildman–Crippen MR) is 107 cm³/mol. The van der Waals surface area contributed by atoms with E-state index in [1.54, 1.807) is 11.3 Å². The van der Waals surface area contributed by atoms with Crippen LogP contribution in [0.1, 0.15) is 48.0 Å². The van der Waals surface area contributed by atoms with Crippen LogP contribution in [-0.4, -0.2) is 57.8 Å². The fraction of sp³-hybridized carbons (Fsp3) is 0.700. The molecule has 0 aromatic carbocycles. The van der Waals surface area contributed by atoms with Crippen LogP contribution in [0, 0.1) is 5.92 Å². The van der Waals surface area contributed by atoms with Crippen molar-refractivity contribution in [3.63, 3.8) is 0 Å². The minimum atomic E-state index is -0.303. The molecule has 27 heavy (non-hydrogen) atoms. The van der Waals surface area contributed by atoms with Crippen LogP contribution in [0.25, 0.3) is 0 Å². The van der Waals surface area contributed by atoms with Crippen molar-refractivity contribution < 1.29 is 24.1 Å². The number of carbonyl (C=O) groups excluding carboxylic acids is 2. The van der Waals surface area contributed by atoms with Crippen molar-refractivity contribution in [2.45, 2.75) is 46.1 Å². The van der Waals surface area contributed by atoms with Crippen molar-refractivity contribution in [3.05, 3.63) is 16.0 Å². The van der Waals surface area contributed by atoms with Crippen molar-refractivity contribution in [3.8, 4) is 0 Å². The van der Waals surface area contributed by atoms with Crippen molar-refractivity contribution >= 4 is 28.2 Å². The highest BCUT2D eigenvalue weighted by Gasteiger charge is 2.33. The molecule has 1 saturated heterocycles. The van der Waals surface area contributed by atoms with Gasteiger partial charge in [-0.25, -0.2) is 4.79 Å². The number of anilines is 1. The average molecular weight is 396 g/mol. The number of piperazine rings is 1. The lowest BCUT2D eigenvalue weighted by atomic mass is 9.88. The zero-order valence-corrected chi connectivity index (χ0v) is 17.8. The first-order valence-electron chi connectivity index (χ1n) is 10.2. The van der Waals surface area contributed by atoms with Crippen molar-refractivity contribution in [2.75, 3.05) is 45.2 Å². The van der Waals surface area contributed by atoms with Crippen LogP contribution in [0.3, 0.4) is 0 Å². The van der Waals surface area contributed by atoms with E-state index in [0.29, 0.717) is 23.1 Å². The van der Waals surface area contributed by atoms with Crippen LogP contribution >= 0.6 is 11.3 Å². The summed E-state index contributed by atoms with van der Waals surface area (Å²) in [5.74, 6) is 0.316. The number of hydrogen-bond acceptors (Lipinski definition) is 4. The van der Waals surface area contributed by atoms with Crippen molar-refractivity contribution in [1.82, 2.24) is 0 Å². The standard InChI is InChI=1S/C20H31N3O3S/c1-5-26-20(25)17-15-7-6-13(2)12-16(15)27-19(17)21-18(24)14(3)23-10-8-22(4)9-11-23/h13-14H,5-12H2,1-4H3,(H,21,24)/p+2/t13-,14+/m1/s1. The van der Waals surface area contributed by atoms with E-state index in [2.05, 4.69) is 19.3 Å².